The maximum absolute atomic E-state index is 14.7. The molecule has 0 aliphatic carbocycles. The maximum atomic E-state index is 14.7. The number of H-pyrrole nitrogens is 1. The number of aromatic amines is 1. The predicted octanol–water partition coefficient (Wildman–Crippen LogP) is 3.05. The minimum Gasteiger partial charge on any atom is -0.369 e. The van der Waals surface area contributed by atoms with E-state index >= 15 is 0 Å². The second-order valence-corrected chi connectivity index (χ2v) is 6.95. The summed E-state index contributed by atoms with van der Waals surface area (Å²) >= 11 is 1.16. The largest absolute Gasteiger partial charge is 0.369 e. The first-order chi connectivity index (χ1) is 11.6. The zero-order chi connectivity index (χ0) is 16.8. The molecule has 0 unspecified atom stereocenters. The van der Waals surface area contributed by atoms with Crippen LogP contribution in [0.4, 0.5) is 10.1 Å². The zero-order valence-electron chi connectivity index (χ0n) is 13.4. The summed E-state index contributed by atoms with van der Waals surface area (Å²) in [5, 5.41) is 0.394. The van der Waals surface area contributed by atoms with Gasteiger partial charge in [0.15, 0.2) is 0 Å². The third-order valence-corrected chi connectivity index (χ3v) is 5.67. The Bertz CT molecular complexity index is 1040. The van der Waals surface area contributed by atoms with Crippen molar-refractivity contribution in [1.82, 2.24) is 8.94 Å². The standard InChI is InChI=1S/C17H18FN3O2S/c1-2-21-12-9-13(20-6-4-3-5-7-20)11(18)8-10(12)15(22)14-16(23)19-24-17(14)21/h8-9H,2-7H2,1H3,(H,19,23). The molecule has 1 fully saturated rings. The molecule has 3 aromatic rings. The van der Waals surface area contributed by atoms with Gasteiger partial charge in [0.2, 0.25) is 5.43 Å². The summed E-state index contributed by atoms with van der Waals surface area (Å²) in [6.07, 6.45) is 3.27. The molecule has 2 aromatic heterocycles. The summed E-state index contributed by atoms with van der Waals surface area (Å²) in [4.78, 5) is 27.3. The summed E-state index contributed by atoms with van der Waals surface area (Å²) in [6, 6.07) is 3.06. The molecule has 24 heavy (non-hydrogen) atoms. The van der Waals surface area contributed by atoms with Crippen LogP contribution in [0, 0.1) is 5.82 Å². The first kappa shape index (κ1) is 15.4. The molecule has 5 nitrogen and oxygen atoms in total. The highest BCUT2D eigenvalue weighted by Gasteiger charge is 2.20. The van der Waals surface area contributed by atoms with Crippen molar-refractivity contribution in [2.45, 2.75) is 32.7 Å². The summed E-state index contributed by atoms with van der Waals surface area (Å²) in [6.45, 7) is 4.22. The molecular weight excluding hydrogens is 329 g/mol. The zero-order valence-corrected chi connectivity index (χ0v) is 14.2. The fourth-order valence-corrected chi connectivity index (χ4v) is 4.49. The minimum atomic E-state index is -0.399. The monoisotopic (exact) mass is 347 g/mol. The highest BCUT2D eigenvalue weighted by atomic mass is 32.1. The second kappa shape index (κ2) is 5.73. The number of aryl methyl sites for hydroxylation is 1. The molecule has 1 aromatic carbocycles. The molecule has 0 radical (unpaired) electrons. The van der Waals surface area contributed by atoms with Gasteiger partial charge in [-0.15, -0.1) is 0 Å². The highest BCUT2D eigenvalue weighted by molar-refractivity contribution is 7.12. The van der Waals surface area contributed by atoms with Crippen LogP contribution in [-0.4, -0.2) is 22.0 Å². The van der Waals surface area contributed by atoms with Crippen LogP contribution >= 0.6 is 11.5 Å². The first-order valence-corrected chi connectivity index (χ1v) is 9.05. The molecule has 1 saturated heterocycles. The third-order valence-electron chi connectivity index (χ3n) is 4.77. The fraction of sp³-hybridized carbons (Fsp3) is 0.412. The Morgan fingerprint density at radius 3 is 2.67 bits per heavy atom. The molecule has 0 atom stereocenters. The molecule has 0 amide bonds. The third kappa shape index (κ3) is 2.18. The van der Waals surface area contributed by atoms with Gasteiger partial charge in [0.25, 0.3) is 5.56 Å². The highest BCUT2D eigenvalue weighted by Crippen LogP contribution is 2.29. The van der Waals surface area contributed by atoms with Crippen LogP contribution < -0.4 is 15.9 Å². The Morgan fingerprint density at radius 1 is 1.21 bits per heavy atom. The van der Waals surface area contributed by atoms with E-state index in [1.807, 2.05) is 16.4 Å². The van der Waals surface area contributed by atoms with Crippen LogP contribution in [0.2, 0.25) is 0 Å². The van der Waals surface area contributed by atoms with Gasteiger partial charge in [0, 0.05) is 25.0 Å². The van der Waals surface area contributed by atoms with E-state index < -0.39 is 16.8 Å². The summed E-state index contributed by atoms with van der Waals surface area (Å²) in [5.74, 6) is -0.393. The van der Waals surface area contributed by atoms with Gasteiger partial charge in [-0.25, -0.2) is 4.39 Å². The fourth-order valence-electron chi connectivity index (χ4n) is 3.58. The summed E-state index contributed by atoms with van der Waals surface area (Å²) in [7, 11) is 0. The average Bonchev–Trinajstić information content (AvgIpc) is 2.98. The lowest BCUT2D eigenvalue weighted by Gasteiger charge is -2.29. The van der Waals surface area contributed by atoms with E-state index in [9.17, 15) is 14.0 Å². The van der Waals surface area contributed by atoms with Gasteiger partial charge >= 0.3 is 0 Å². The molecule has 0 spiro atoms. The molecule has 1 N–H and O–H groups in total. The van der Waals surface area contributed by atoms with Gasteiger partial charge in [-0.05, 0) is 49.9 Å². The van der Waals surface area contributed by atoms with E-state index in [1.165, 1.54) is 12.5 Å². The van der Waals surface area contributed by atoms with Gasteiger partial charge in [-0.1, -0.05) is 0 Å². The number of pyridine rings is 1. The van der Waals surface area contributed by atoms with Crippen LogP contribution in [0.25, 0.3) is 21.1 Å². The van der Waals surface area contributed by atoms with E-state index in [0.29, 0.717) is 22.6 Å². The van der Waals surface area contributed by atoms with Gasteiger partial charge in [0.05, 0.1) is 11.2 Å². The first-order valence-electron chi connectivity index (χ1n) is 8.24. The van der Waals surface area contributed by atoms with Crippen molar-refractivity contribution in [1.29, 1.82) is 0 Å². The van der Waals surface area contributed by atoms with Crippen LogP contribution in [0.3, 0.4) is 0 Å². The number of nitrogens with zero attached hydrogens (tertiary/aromatic N) is 2. The molecule has 0 saturated carbocycles. The second-order valence-electron chi connectivity index (χ2n) is 6.16. The van der Waals surface area contributed by atoms with Crippen molar-refractivity contribution in [3.8, 4) is 0 Å². The van der Waals surface area contributed by atoms with Gasteiger partial charge in [-0.3, -0.25) is 14.0 Å². The number of anilines is 1. The normalized spacial score (nSPS) is 15.5. The van der Waals surface area contributed by atoms with E-state index in [2.05, 4.69) is 4.37 Å². The van der Waals surface area contributed by atoms with Crippen LogP contribution in [0.5, 0.6) is 0 Å². The SMILES string of the molecule is CCn1c2cc(N3CCCCC3)c(F)cc2c(=O)c2c(=O)[nH]sc21. The van der Waals surface area contributed by atoms with Crippen molar-refractivity contribution in [3.63, 3.8) is 0 Å². The number of rotatable bonds is 2. The number of halogens is 1. The molecule has 1 aliphatic heterocycles. The number of hydrogen-bond acceptors (Lipinski definition) is 4. The van der Waals surface area contributed by atoms with Gasteiger partial charge in [-0.2, -0.15) is 0 Å². The lowest BCUT2D eigenvalue weighted by molar-refractivity contribution is 0.557. The number of piperidine rings is 1. The average molecular weight is 347 g/mol. The number of benzene rings is 1. The van der Waals surface area contributed by atoms with E-state index in [-0.39, 0.29) is 10.8 Å². The number of nitrogens with one attached hydrogen (secondary N) is 1. The van der Waals surface area contributed by atoms with Gasteiger partial charge < -0.3 is 9.47 Å². The van der Waals surface area contributed by atoms with Gasteiger partial charge in [0.1, 0.15) is 16.0 Å². The van der Waals surface area contributed by atoms with Crippen molar-refractivity contribution >= 4 is 38.3 Å². The van der Waals surface area contributed by atoms with Crippen molar-refractivity contribution in [2.75, 3.05) is 18.0 Å². The molecule has 7 heteroatoms. The van der Waals surface area contributed by atoms with Crippen molar-refractivity contribution < 1.29 is 4.39 Å². The van der Waals surface area contributed by atoms with Crippen LogP contribution in [0.15, 0.2) is 21.7 Å². The summed E-state index contributed by atoms with van der Waals surface area (Å²) < 4.78 is 19.2. The Kier molecular flexibility index (Phi) is 3.68. The molecule has 4 rings (SSSR count). The molecular formula is C17H18FN3O2S. The van der Waals surface area contributed by atoms with E-state index in [1.54, 1.807) is 6.07 Å². The van der Waals surface area contributed by atoms with Crippen LogP contribution in [0.1, 0.15) is 26.2 Å². The summed E-state index contributed by atoms with van der Waals surface area (Å²) in [5.41, 5.74) is 0.444. The molecule has 1 aliphatic rings. The Morgan fingerprint density at radius 2 is 1.96 bits per heavy atom. The molecule has 126 valence electrons. The van der Waals surface area contributed by atoms with E-state index in [4.69, 9.17) is 0 Å². The van der Waals surface area contributed by atoms with Crippen molar-refractivity contribution in [2.24, 2.45) is 0 Å². The molecule has 0 bridgehead atoms. The lowest BCUT2D eigenvalue weighted by atomic mass is 10.1. The minimum absolute atomic E-state index is 0.125. The van der Waals surface area contributed by atoms with Crippen molar-refractivity contribution in [3.05, 3.63) is 38.5 Å². The topological polar surface area (TPSA) is 58.1 Å². The Labute approximate surface area is 141 Å². The molecule has 3 heterocycles. The predicted molar refractivity (Wildman–Crippen MR) is 95.9 cm³/mol. The lowest BCUT2D eigenvalue weighted by Crippen LogP contribution is -2.30. The smallest absolute Gasteiger partial charge is 0.271 e. The number of aromatic nitrogens is 2. The quantitative estimate of drug-likeness (QED) is 0.775. The Hall–Kier alpha value is -2.15. The Balaban J connectivity index is 2.07. The number of hydrogen-bond donors (Lipinski definition) is 1. The maximum Gasteiger partial charge on any atom is 0.271 e. The number of fused-ring (bicyclic) bond motifs is 2. The van der Waals surface area contributed by atoms with Crippen LogP contribution in [-0.2, 0) is 6.54 Å². The van der Waals surface area contributed by atoms with E-state index in [0.717, 1.165) is 37.5 Å².